The van der Waals surface area contributed by atoms with Gasteiger partial charge in [0.1, 0.15) is 6.61 Å². The summed E-state index contributed by atoms with van der Waals surface area (Å²) >= 11 is 0. The number of carbonyl (C=O) groups is 1. The van der Waals surface area contributed by atoms with Crippen LogP contribution < -0.4 is 11.7 Å². The van der Waals surface area contributed by atoms with E-state index < -0.39 is 0 Å². The fraction of sp³-hybridized carbons (Fsp3) is 0.833. The van der Waals surface area contributed by atoms with E-state index in [1.54, 1.807) is 0 Å². The predicted octanol–water partition coefficient (Wildman–Crippen LogP) is -0.595. The first-order chi connectivity index (χ1) is 5.27. The summed E-state index contributed by atoms with van der Waals surface area (Å²) in [5, 5.41) is 0. The van der Waals surface area contributed by atoms with Crippen molar-refractivity contribution in [2.75, 3.05) is 19.8 Å². The molecule has 0 unspecified atom stereocenters. The van der Waals surface area contributed by atoms with Crippen LogP contribution in [-0.2, 0) is 14.3 Å². The first kappa shape index (κ1) is 13.0. The van der Waals surface area contributed by atoms with Gasteiger partial charge in [0.2, 0.25) is 0 Å². The van der Waals surface area contributed by atoms with Gasteiger partial charge in [-0.1, -0.05) is 0 Å². The van der Waals surface area contributed by atoms with Gasteiger partial charge in [-0.3, -0.25) is 16.5 Å². The Labute approximate surface area is 66.6 Å². The highest BCUT2D eigenvalue weighted by molar-refractivity contribution is 5.65. The van der Waals surface area contributed by atoms with Gasteiger partial charge in [-0.2, -0.15) is 0 Å². The van der Waals surface area contributed by atoms with Crippen molar-refractivity contribution in [3.8, 4) is 0 Å². The van der Waals surface area contributed by atoms with Crippen LogP contribution in [0.5, 0.6) is 0 Å². The molecule has 0 spiro atoms. The summed E-state index contributed by atoms with van der Waals surface area (Å²) in [6, 6.07) is 0. The Morgan fingerprint density at radius 2 is 1.91 bits per heavy atom. The SMILES string of the molecule is CCOCCOC(C)=O.NN. The normalized spacial score (nSPS) is 8.00. The lowest BCUT2D eigenvalue weighted by atomic mass is 10.7. The van der Waals surface area contributed by atoms with Crippen molar-refractivity contribution in [3.05, 3.63) is 0 Å². The van der Waals surface area contributed by atoms with Gasteiger partial charge < -0.3 is 9.47 Å². The minimum atomic E-state index is -0.255. The molecule has 5 nitrogen and oxygen atoms in total. The zero-order chi connectivity index (χ0) is 9.11. The third-order valence-corrected chi connectivity index (χ3v) is 0.737. The zero-order valence-corrected chi connectivity index (χ0v) is 7.00. The van der Waals surface area contributed by atoms with E-state index in [1.165, 1.54) is 6.92 Å². The van der Waals surface area contributed by atoms with E-state index in [9.17, 15) is 4.79 Å². The van der Waals surface area contributed by atoms with Gasteiger partial charge in [0.05, 0.1) is 6.61 Å². The minimum absolute atomic E-state index is 0.255. The first-order valence-corrected chi connectivity index (χ1v) is 3.31. The van der Waals surface area contributed by atoms with Gasteiger partial charge in [-0.25, -0.2) is 0 Å². The topological polar surface area (TPSA) is 87.6 Å². The average Bonchev–Trinajstić information content (AvgIpc) is 2.02. The van der Waals surface area contributed by atoms with Crippen LogP contribution in [0, 0.1) is 0 Å². The van der Waals surface area contributed by atoms with E-state index in [0.717, 1.165) is 0 Å². The summed E-state index contributed by atoms with van der Waals surface area (Å²) in [6.07, 6.45) is 0. The van der Waals surface area contributed by atoms with Gasteiger partial charge in [0.15, 0.2) is 0 Å². The molecular formula is C6H16N2O3. The van der Waals surface area contributed by atoms with E-state index in [1.807, 2.05) is 6.92 Å². The van der Waals surface area contributed by atoms with Crippen LogP contribution >= 0.6 is 0 Å². The van der Waals surface area contributed by atoms with E-state index in [0.29, 0.717) is 19.8 Å². The lowest BCUT2D eigenvalue weighted by molar-refractivity contribution is -0.142. The van der Waals surface area contributed by atoms with Gasteiger partial charge in [-0.15, -0.1) is 0 Å². The molecule has 0 bridgehead atoms. The molecule has 0 saturated heterocycles. The molecule has 0 fully saturated rings. The van der Waals surface area contributed by atoms with E-state index in [-0.39, 0.29) is 5.97 Å². The summed E-state index contributed by atoms with van der Waals surface area (Å²) < 4.78 is 9.49. The summed E-state index contributed by atoms with van der Waals surface area (Å²) in [6.45, 7) is 4.81. The van der Waals surface area contributed by atoms with Crippen molar-refractivity contribution in [2.45, 2.75) is 13.8 Å². The largest absolute Gasteiger partial charge is 0.463 e. The van der Waals surface area contributed by atoms with Crippen molar-refractivity contribution >= 4 is 5.97 Å². The summed E-state index contributed by atoms with van der Waals surface area (Å²) in [5.41, 5.74) is 0. The van der Waals surface area contributed by atoms with Crippen LogP contribution in [0.2, 0.25) is 0 Å². The monoisotopic (exact) mass is 164 g/mol. The highest BCUT2D eigenvalue weighted by atomic mass is 16.6. The first-order valence-electron chi connectivity index (χ1n) is 3.31. The number of rotatable bonds is 4. The third-order valence-electron chi connectivity index (χ3n) is 0.737. The number of ether oxygens (including phenoxy) is 2. The molecule has 5 heteroatoms. The average molecular weight is 164 g/mol. The molecule has 0 radical (unpaired) electrons. The van der Waals surface area contributed by atoms with Crippen molar-refractivity contribution in [1.82, 2.24) is 0 Å². The number of nitrogens with two attached hydrogens (primary N) is 2. The Bertz CT molecular complexity index is 87.9. The smallest absolute Gasteiger partial charge is 0.302 e. The molecule has 68 valence electrons. The molecule has 0 aromatic heterocycles. The Balaban J connectivity index is 0. The van der Waals surface area contributed by atoms with E-state index in [2.05, 4.69) is 16.4 Å². The predicted molar refractivity (Wildman–Crippen MR) is 41.5 cm³/mol. The fourth-order valence-corrected chi connectivity index (χ4v) is 0.389. The van der Waals surface area contributed by atoms with Crippen LogP contribution in [-0.4, -0.2) is 25.8 Å². The lowest BCUT2D eigenvalue weighted by Crippen LogP contribution is -2.06. The maximum Gasteiger partial charge on any atom is 0.302 e. The highest BCUT2D eigenvalue weighted by Crippen LogP contribution is 1.77. The van der Waals surface area contributed by atoms with Gasteiger partial charge in [0, 0.05) is 13.5 Å². The van der Waals surface area contributed by atoms with E-state index in [4.69, 9.17) is 4.74 Å². The molecule has 0 rings (SSSR count). The molecule has 0 saturated carbocycles. The number of hydrogen-bond donors (Lipinski definition) is 2. The van der Waals surface area contributed by atoms with Gasteiger partial charge in [0.25, 0.3) is 0 Å². The summed E-state index contributed by atoms with van der Waals surface area (Å²) in [5.74, 6) is 7.75. The lowest BCUT2D eigenvalue weighted by Gasteiger charge is -1.99. The van der Waals surface area contributed by atoms with Crippen LogP contribution in [0.25, 0.3) is 0 Å². The Morgan fingerprint density at radius 3 is 2.27 bits per heavy atom. The molecule has 0 atom stereocenters. The Hall–Kier alpha value is -0.650. The standard InChI is InChI=1S/C6H12O3.H4N2/c1-3-8-4-5-9-6(2)7;1-2/h3-5H2,1-2H3;1-2H2. The zero-order valence-electron chi connectivity index (χ0n) is 7.00. The molecule has 0 amide bonds. The maximum absolute atomic E-state index is 10.1. The maximum atomic E-state index is 10.1. The second-order valence-electron chi connectivity index (χ2n) is 1.54. The number of hydrogen-bond acceptors (Lipinski definition) is 5. The second-order valence-corrected chi connectivity index (χ2v) is 1.54. The van der Waals surface area contributed by atoms with Crippen molar-refractivity contribution in [1.29, 1.82) is 0 Å². The minimum Gasteiger partial charge on any atom is -0.463 e. The number of esters is 1. The summed E-state index contributed by atoms with van der Waals surface area (Å²) in [7, 11) is 0. The van der Waals surface area contributed by atoms with Crippen LogP contribution in [0.4, 0.5) is 0 Å². The Kier molecular flexibility index (Phi) is 14.2. The molecular weight excluding hydrogens is 148 g/mol. The van der Waals surface area contributed by atoms with Gasteiger partial charge >= 0.3 is 5.97 Å². The van der Waals surface area contributed by atoms with Gasteiger partial charge in [-0.05, 0) is 6.92 Å². The van der Waals surface area contributed by atoms with Crippen molar-refractivity contribution < 1.29 is 14.3 Å². The third kappa shape index (κ3) is 17.6. The number of carbonyl (C=O) groups excluding carboxylic acids is 1. The van der Waals surface area contributed by atoms with Crippen LogP contribution in [0.3, 0.4) is 0 Å². The van der Waals surface area contributed by atoms with Crippen LogP contribution in [0.15, 0.2) is 0 Å². The van der Waals surface area contributed by atoms with Crippen LogP contribution in [0.1, 0.15) is 13.8 Å². The number of hydrazine groups is 1. The molecule has 0 aromatic rings. The molecule has 11 heavy (non-hydrogen) atoms. The molecule has 4 N–H and O–H groups in total. The van der Waals surface area contributed by atoms with Crippen molar-refractivity contribution in [3.63, 3.8) is 0 Å². The Morgan fingerprint density at radius 1 is 1.36 bits per heavy atom. The molecule has 0 heterocycles. The highest BCUT2D eigenvalue weighted by Gasteiger charge is 1.89. The molecule has 0 aliphatic carbocycles. The fourth-order valence-electron chi connectivity index (χ4n) is 0.389. The second kappa shape index (κ2) is 12.1. The quantitative estimate of drug-likeness (QED) is 0.251. The van der Waals surface area contributed by atoms with Crippen molar-refractivity contribution in [2.24, 2.45) is 11.7 Å². The summed E-state index contributed by atoms with van der Waals surface area (Å²) in [4.78, 5) is 10.1. The van der Waals surface area contributed by atoms with E-state index >= 15 is 0 Å². The molecule has 0 aliphatic rings. The molecule has 0 aromatic carbocycles. The molecule has 0 aliphatic heterocycles.